The minimum Gasteiger partial charge on any atom is -0.545 e. The fourth-order valence-electron chi connectivity index (χ4n) is 9.38. The van der Waals surface area contributed by atoms with Gasteiger partial charge in [0.15, 0.2) is 0 Å². The summed E-state index contributed by atoms with van der Waals surface area (Å²) in [7, 11) is 0. The van der Waals surface area contributed by atoms with E-state index in [0.29, 0.717) is 99.8 Å². The van der Waals surface area contributed by atoms with Gasteiger partial charge in [-0.2, -0.15) is 0 Å². The number of aromatic hydroxyl groups is 2. The van der Waals surface area contributed by atoms with Crippen molar-refractivity contribution in [2.45, 2.75) is 104 Å². The molecule has 412 valence electrons. The first-order valence-electron chi connectivity index (χ1n) is 26.6. The van der Waals surface area contributed by atoms with Gasteiger partial charge in [-0.15, -0.1) is 0 Å². The van der Waals surface area contributed by atoms with Gasteiger partial charge in [0.25, 0.3) is 0 Å². The third kappa shape index (κ3) is 18.3. The molecule has 2 aliphatic heterocycles. The molecular weight excluding hydrogens is 1030 g/mol. The Morgan fingerprint density at radius 1 is 0.506 bits per heavy atom. The van der Waals surface area contributed by atoms with Crippen LogP contribution in [0.5, 0.6) is 57.5 Å². The summed E-state index contributed by atoms with van der Waals surface area (Å²) in [5.41, 5.74) is 5.77. The molecule has 2 fully saturated rings. The second-order valence-electron chi connectivity index (χ2n) is 18.7. The van der Waals surface area contributed by atoms with Crippen molar-refractivity contribution < 1.29 is 133 Å². The first kappa shape index (κ1) is 66.1. The zero-order chi connectivity index (χ0) is 53.8. The summed E-state index contributed by atoms with van der Waals surface area (Å²) >= 11 is 0. The van der Waals surface area contributed by atoms with Crippen LogP contribution < -0.4 is 97.7 Å². The summed E-state index contributed by atoms with van der Waals surface area (Å²) in [4.78, 5) is 23.0. The van der Waals surface area contributed by atoms with Gasteiger partial charge < -0.3 is 73.4 Å². The number of carboxylic acids is 2. The molecule has 0 spiro atoms. The van der Waals surface area contributed by atoms with Gasteiger partial charge in [-0.1, -0.05) is 76.9 Å². The van der Waals surface area contributed by atoms with Crippen LogP contribution in [0.4, 0.5) is 0 Å². The van der Waals surface area contributed by atoms with E-state index in [0.717, 1.165) is 85.1 Å². The summed E-state index contributed by atoms with van der Waals surface area (Å²) in [6.45, 7) is 12.8. The number of hydrogen-bond donors (Lipinski definition) is 2. The third-order valence-electron chi connectivity index (χ3n) is 13.4. The number of ether oxygens (including phenoxy) is 8. The first-order valence-corrected chi connectivity index (χ1v) is 26.6. The van der Waals surface area contributed by atoms with E-state index < -0.39 is 11.9 Å². The smallest absolute Gasteiger partial charge is 0.545 e. The molecule has 15 nitrogen and oxygen atoms in total. The third-order valence-corrected chi connectivity index (χ3v) is 13.4. The number of para-hydroxylation sites is 2. The summed E-state index contributed by atoms with van der Waals surface area (Å²) < 4.78 is 47.2. The fourth-order valence-corrected chi connectivity index (χ4v) is 9.38. The van der Waals surface area contributed by atoms with Crippen molar-refractivity contribution in [1.82, 2.24) is 0 Å². The van der Waals surface area contributed by atoms with E-state index in [4.69, 9.17) is 37.9 Å². The van der Waals surface area contributed by atoms with Crippen LogP contribution in [0.2, 0.25) is 0 Å². The summed E-state index contributed by atoms with van der Waals surface area (Å²) in [5, 5.41) is 44.1. The average molecular weight is 1100 g/mol. The maximum Gasteiger partial charge on any atom is 1.00 e. The zero-order valence-electron chi connectivity index (χ0n) is 46.6. The van der Waals surface area contributed by atoms with Gasteiger partial charge in [0.2, 0.25) is 0 Å². The molecule has 0 saturated carbocycles. The number of aryl methyl sites for hydroxylation is 2. The van der Waals surface area contributed by atoms with Crippen molar-refractivity contribution in [2.24, 2.45) is 0 Å². The normalized spacial score (nSPS) is 14.3. The predicted molar refractivity (Wildman–Crippen MR) is 289 cm³/mol. The molecule has 2 unspecified atom stereocenters. The Bertz CT molecular complexity index is 2670. The minimum atomic E-state index is -1.29. The number of rotatable bonds is 26. The molecule has 4 N–H and O–H groups in total. The number of carboxylic acid groups (broad SMARTS) is 2. The van der Waals surface area contributed by atoms with Crippen LogP contribution in [0.3, 0.4) is 0 Å². The van der Waals surface area contributed by atoms with E-state index >= 15 is 0 Å². The largest absolute Gasteiger partial charge is 1.00 e. The SMILES string of the molecule is CCCc1c(OCCCOc2cc(O)c(C3CCOC3)cc2CC)cccc1Oc1ccccc1C(=O)[O-].CCCc1c(OCCCOc2cc(O)c(C3CCOC3)cc2CC)cccc1Oc1ccccc1C(=O)[O-].O.[Na+].[Na+]. The van der Waals surface area contributed by atoms with Crippen LogP contribution in [-0.4, -0.2) is 80.5 Å². The van der Waals surface area contributed by atoms with Gasteiger partial charge >= 0.3 is 59.1 Å². The molecule has 8 rings (SSSR count). The molecule has 0 aromatic heterocycles. The van der Waals surface area contributed by atoms with Crippen LogP contribution in [0.1, 0.15) is 132 Å². The van der Waals surface area contributed by atoms with E-state index in [1.807, 2.05) is 48.5 Å². The molecule has 2 aliphatic rings. The topological polar surface area (TPSA) is 226 Å². The molecule has 2 atom stereocenters. The number of phenols is 2. The van der Waals surface area contributed by atoms with Gasteiger partial charge in [0.1, 0.15) is 57.5 Å². The van der Waals surface area contributed by atoms with Crippen molar-refractivity contribution in [3.8, 4) is 57.5 Å². The van der Waals surface area contributed by atoms with E-state index in [1.54, 1.807) is 48.5 Å². The molecule has 2 saturated heterocycles. The maximum absolute atomic E-state index is 11.5. The number of carbonyl (C=O) groups is 2. The number of hydrogen-bond acceptors (Lipinski definition) is 14. The minimum absolute atomic E-state index is 0. The molecule has 0 aliphatic carbocycles. The standard InChI is InChI=1S/2C31H36O7.2Na.H2O/c2*1-3-9-23-27(12-7-13-28(23)38-29-11-6-5-10-24(29)31(33)34)36-15-8-16-37-30-19-26(32)25(18-21(30)4-2)22-14-17-35-20-22;;;/h2*5-7,10-13,18-19,22,32H,3-4,8-9,14-17,20H2,1-2H3,(H,33,34);;;1H2/q;;2*+1;/p-2. The average Bonchev–Trinajstić information content (AvgIpc) is 4.19. The zero-order valence-corrected chi connectivity index (χ0v) is 50.6. The van der Waals surface area contributed by atoms with Gasteiger partial charge in [0, 0.05) is 72.3 Å². The van der Waals surface area contributed by atoms with Gasteiger partial charge in [-0.05, 0) is 121 Å². The number of phenolic OH excluding ortho intramolecular Hbond substituents is 2. The first-order chi connectivity index (χ1) is 37.0. The summed E-state index contributed by atoms with van der Waals surface area (Å²) in [6, 6.07) is 31.5. The van der Waals surface area contributed by atoms with Gasteiger partial charge in [-0.25, -0.2) is 0 Å². The van der Waals surface area contributed by atoms with Crippen LogP contribution in [0.25, 0.3) is 0 Å². The second kappa shape index (κ2) is 34.0. The van der Waals surface area contributed by atoms with Gasteiger partial charge in [-0.3, -0.25) is 0 Å². The van der Waals surface area contributed by atoms with E-state index in [1.165, 1.54) is 12.1 Å². The van der Waals surface area contributed by atoms with Crippen molar-refractivity contribution >= 4 is 11.9 Å². The number of aromatic carboxylic acids is 2. The van der Waals surface area contributed by atoms with E-state index in [-0.39, 0.29) is 111 Å². The Morgan fingerprint density at radius 2 is 0.861 bits per heavy atom. The fraction of sp³-hybridized carbons (Fsp3) is 0.387. The Labute approximate surface area is 508 Å². The molecule has 17 heteroatoms. The van der Waals surface area contributed by atoms with E-state index in [2.05, 4.69) is 27.7 Å². The Balaban J connectivity index is 0.000000328. The molecule has 2 heterocycles. The van der Waals surface area contributed by atoms with Crippen molar-refractivity contribution in [3.05, 3.63) is 154 Å². The Hall–Kier alpha value is -5.46. The Morgan fingerprint density at radius 3 is 1.20 bits per heavy atom. The number of carbonyl (C=O) groups excluding carboxylic acids is 2. The maximum atomic E-state index is 11.5. The number of benzene rings is 6. The molecular formula is C62H72Na2O15. The monoisotopic (exact) mass is 1100 g/mol. The van der Waals surface area contributed by atoms with Crippen molar-refractivity contribution in [1.29, 1.82) is 0 Å². The molecule has 0 radical (unpaired) electrons. The predicted octanol–water partition coefficient (Wildman–Crippen LogP) is 4.01. The quantitative estimate of drug-likeness (QED) is 0.0579. The second-order valence-corrected chi connectivity index (χ2v) is 18.7. The van der Waals surface area contributed by atoms with Gasteiger partial charge in [0.05, 0.1) is 51.6 Å². The van der Waals surface area contributed by atoms with Crippen LogP contribution >= 0.6 is 0 Å². The Kier molecular flexibility index (Phi) is 28.4. The van der Waals surface area contributed by atoms with Crippen molar-refractivity contribution in [2.75, 3.05) is 52.9 Å². The van der Waals surface area contributed by atoms with Crippen LogP contribution in [-0.2, 0) is 35.2 Å². The van der Waals surface area contributed by atoms with Crippen LogP contribution in [0.15, 0.2) is 109 Å². The summed E-state index contributed by atoms with van der Waals surface area (Å²) in [5.74, 6) is 2.78. The molecule has 6 aromatic rings. The van der Waals surface area contributed by atoms with Crippen LogP contribution in [0, 0.1) is 0 Å². The molecule has 0 amide bonds. The molecule has 0 bridgehead atoms. The van der Waals surface area contributed by atoms with E-state index in [9.17, 15) is 30.0 Å². The molecule has 6 aromatic carbocycles. The van der Waals surface area contributed by atoms with Crippen molar-refractivity contribution in [3.63, 3.8) is 0 Å². The summed E-state index contributed by atoms with van der Waals surface area (Å²) in [6.07, 6.45) is 7.91. The molecule has 79 heavy (non-hydrogen) atoms.